The smallest absolute Gasteiger partial charge is 0.350 e. The molecule has 0 unspecified atom stereocenters. The highest BCUT2D eigenvalue weighted by atomic mass is 16.6. The Hall–Kier alpha value is -4.21. The number of nitrogens with zero attached hydrogens (tertiary/aromatic N) is 3. The Balaban J connectivity index is 1.85. The SMILES string of the molecule is COc1ccc2c(c1)[nH]c1c(=O)n(/N=C\c3cccc([N+](=O)[O-])c3)c(=O)[nH]c12. The van der Waals surface area contributed by atoms with Crippen molar-refractivity contribution >= 4 is 33.8 Å². The Morgan fingerprint density at radius 2 is 1.96 bits per heavy atom. The van der Waals surface area contributed by atoms with Crippen LogP contribution in [0.3, 0.4) is 0 Å². The monoisotopic (exact) mass is 379 g/mol. The molecule has 140 valence electrons. The minimum absolute atomic E-state index is 0.120. The van der Waals surface area contributed by atoms with Gasteiger partial charge in [0, 0.05) is 29.1 Å². The number of hydrogen-bond donors (Lipinski definition) is 2. The van der Waals surface area contributed by atoms with E-state index < -0.39 is 16.2 Å². The number of aromatic nitrogens is 3. The number of fused-ring (bicyclic) bond motifs is 3. The molecule has 0 aliphatic heterocycles. The largest absolute Gasteiger partial charge is 0.497 e. The maximum atomic E-state index is 12.7. The maximum absolute atomic E-state index is 12.7. The fourth-order valence-corrected chi connectivity index (χ4v) is 2.90. The van der Waals surface area contributed by atoms with Gasteiger partial charge in [-0.05, 0) is 12.1 Å². The maximum Gasteiger partial charge on any atom is 0.350 e. The molecule has 2 N–H and O–H groups in total. The van der Waals surface area contributed by atoms with Crippen LogP contribution in [0.1, 0.15) is 5.56 Å². The van der Waals surface area contributed by atoms with Crippen LogP contribution in [0.25, 0.3) is 21.9 Å². The minimum Gasteiger partial charge on any atom is -0.497 e. The number of benzene rings is 2. The Kier molecular flexibility index (Phi) is 4.00. The van der Waals surface area contributed by atoms with Gasteiger partial charge in [0.15, 0.2) is 0 Å². The number of nitro groups is 1. The molecule has 0 bridgehead atoms. The number of rotatable bonds is 4. The van der Waals surface area contributed by atoms with E-state index >= 15 is 0 Å². The van der Waals surface area contributed by atoms with E-state index in [9.17, 15) is 19.7 Å². The first kappa shape index (κ1) is 17.2. The molecule has 0 fully saturated rings. The lowest BCUT2D eigenvalue weighted by atomic mass is 10.2. The van der Waals surface area contributed by atoms with Gasteiger partial charge in [0.1, 0.15) is 11.3 Å². The van der Waals surface area contributed by atoms with Crippen molar-refractivity contribution in [2.75, 3.05) is 7.11 Å². The summed E-state index contributed by atoms with van der Waals surface area (Å²) < 4.78 is 5.82. The van der Waals surface area contributed by atoms with E-state index in [1.807, 2.05) is 0 Å². The number of nitro benzene ring substituents is 1. The first-order chi connectivity index (χ1) is 13.5. The normalized spacial score (nSPS) is 11.5. The van der Waals surface area contributed by atoms with Gasteiger partial charge in [-0.15, -0.1) is 4.68 Å². The van der Waals surface area contributed by atoms with E-state index in [2.05, 4.69) is 15.1 Å². The highest BCUT2D eigenvalue weighted by Crippen LogP contribution is 2.24. The van der Waals surface area contributed by atoms with Crippen LogP contribution in [0.2, 0.25) is 0 Å². The number of ether oxygens (including phenoxy) is 1. The number of nitrogens with one attached hydrogen (secondary N) is 2. The summed E-state index contributed by atoms with van der Waals surface area (Å²) in [7, 11) is 1.53. The van der Waals surface area contributed by atoms with Crippen LogP contribution in [0.15, 0.2) is 57.2 Å². The third-order valence-corrected chi connectivity index (χ3v) is 4.24. The van der Waals surface area contributed by atoms with Gasteiger partial charge in [0.2, 0.25) is 0 Å². The molecule has 0 aliphatic carbocycles. The first-order valence-electron chi connectivity index (χ1n) is 8.11. The molecule has 4 aromatic rings. The van der Waals surface area contributed by atoms with E-state index in [4.69, 9.17) is 4.74 Å². The van der Waals surface area contributed by atoms with Crippen molar-refractivity contribution in [2.45, 2.75) is 0 Å². The lowest BCUT2D eigenvalue weighted by Crippen LogP contribution is -2.32. The number of aromatic amines is 2. The van der Waals surface area contributed by atoms with E-state index in [0.717, 1.165) is 0 Å². The molecule has 0 atom stereocenters. The third-order valence-electron chi connectivity index (χ3n) is 4.24. The highest BCUT2D eigenvalue weighted by molar-refractivity contribution is 6.04. The second kappa shape index (κ2) is 6.50. The zero-order valence-electron chi connectivity index (χ0n) is 14.5. The minimum atomic E-state index is -0.726. The van der Waals surface area contributed by atoms with Crippen molar-refractivity contribution in [1.82, 2.24) is 14.6 Å². The molecule has 10 nitrogen and oxygen atoms in total. The summed E-state index contributed by atoms with van der Waals surface area (Å²) in [5.74, 6) is 0.602. The molecular weight excluding hydrogens is 366 g/mol. The summed E-state index contributed by atoms with van der Waals surface area (Å²) in [5, 5.41) is 15.4. The van der Waals surface area contributed by atoms with Crippen molar-refractivity contribution in [3.8, 4) is 5.75 Å². The Morgan fingerprint density at radius 1 is 1.14 bits per heavy atom. The van der Waals surface area contributed by atoms with Gasteiger partial charge in [-0.1, -0.05) is 12.1 Å². The van der Waals surface area contributed by atoms with E-state index in [-0.39, 0.29) is 11.2 Å². The first-order valence-corrected chi connectivity index (χ1v) is 8.11. The molecule has 2 aromatic heterocycles. The summed E-state index contributed by atoms with van der Waals surface area (Å²) in [6, 6.07) is 10.9. The summed E-state index contributed by atoms with van der Waals surface area (Å²) in [6.07, 6.45) is 1.21. The molecule has 0 aliphatic rings. The Morgan fingerprint density at radius 3 is 2.71 bits per heavy atom. The molecule has 0 radical (unpaired) electrons. The second-order valence-corrected chi connectivity index (χ2v) is 5.93. The molecule has 4 rings (SSSR count). The van der Waals surface area contributed by atoms with Crippen LogP contribution >= 0.6 is 0 Å². The van der Waals surface area contributed by atoms with Gasteiger partial charge in [-0.2, -0.15) is 5.10 Å². The van der Waals surface area contributed by atoms with Crippen molar-refractivity contribution in [3.05, 3.63) is 79.0 Å². The summed E-state index contributed by atoms with van der Waals surface area (Å²) in [4.78, 5) is 41.0. The topological polar surface area (TPSA) is 135 Å². The standard InChI is InChI=1S/C18H13N5O5/c1-28-12-5-6-13-14(8-12)20-16-15(13)21-18(25)22(17(16)24)19-9-10-3-2-4-11(7-10)23(26)27/h2-9,20H,1H3,(H,21,25)/b19-9-. The lowest BCUT2D eigenvalue weighted by molar-refractivity contribution is -0.384. The van der Waals surface area contributed by atoms with E-state index in [1.54, 1.807) is 24.3 Å². The third kappa shape index (κ3) is 2.82. The molecular formula is C18H13N5O5. The second-order valence-electron chi connectivity index (χ2n) is 5.93. The molecule has 0 amide bonds. The average Bonchev–Trinajstić information content (AvgIpc) is 3.05. The van der Waals surface area contributed by atoms with Gasteiger partial charge < -0.3 is 14.7 Å². The quantitative estimate of drug-likeness (QED) is 0.317. The number of hydrogen-bond acceptors (Lipinski definition) is 6. The molecule has 0 saturated carbocycles. The van der Waals surface area contributed by atoms with Gasteiger partial charge in [-0.25, -0.2) is 4.79 Å². The van der Waals surface area contributed by atoms with Crippen LogP contribution in [-0.2, 0) is 0 Å². The molecule has 10 heteroatoms. The number of methoxy groups -OCH3 is 1. The van der Waals surface area contributed by atoms with Crippen LogP contribution in [0, 0.1) is 10.1 Å². The predicted molar refractivity (Wildman–Crippen MR) is 103 cm³/mol. The van der Waals surface area contributed by atoms with Gasteiger partial charge in [0.25, 0.3) is 5.69 Å². The molecule has 0 saturated heterocycles. The van der Waals surface area contributed by atoms with Crippen LogP contribution < -0.4 is 16.0 Å². The average molecular weight is 379 g/mol. The highest BCUT2D eigenvalue weighted by Gasteiger charge is 2.13. The molecule has 0 spiro atoms. The fraction of sp³-hybridized carbons (Fsp3) is 0.0556. The lowest BCUT2D eigenvalue weighted by Gasteiger charge is -1.99. The van der Waals surface area contributed by atoms with Crippen LogP contribution in [-0.4, -0.2) is 32.9 Å². The number of H-pyrrole nitrogens is 2. The summed E-state index contributed by atoms with van der Waals surface area (Å²) in [6.45, 7) is 0. The Bertz CT molecular complexity index is 1380. The molecule has 2 aromatic carbocycles. The van der Waals surface area contributed by atoms with Crippen molar-refractivity contribution < 1.29 is 9.66 Å². The van der Waals surface area contributed by atoms with Crippen molar-refractivity contribution in [2.24, 2.45) is 5.10 Å². The zero-order valence-corrected chi connectivity index (χ0v) is 14.5. The van der Waals surface area contributed by atoms with E-state index in [0.29, 0.717) is 32.4 Å². The van der Waals surface area contributed by atoms with Crippen molar-refractivity contribution in [1.29, 1.82) is 0 Å². The summed E-state index contributed by atoms with van der Waals surface area (Å²) in [5.41, 5.74) is 0.0645. The van der Waals surface area contributed by atoms with Gasteiger partial charge in [-0.3, -0.25) is 14.9 Å². The van der Waals surface area contributed by atoms with Crippen molar-refractivity contribution in [3.63, 3.8) is 0 Å². The van der Waals surface area contributed by atoms with E-state index in [1.165, 1.54) is 31.5 Å². The predicted octanol–water partition coefficient (Wildman–Crippen LogP) is 1.97. The number of non-ortho nitro benzene ring substituents is 1. The van der Waals surface area contributed by atoms with Crippen LogP contribution in [0.5, 0.6) is 5.75 Å². The van der Waals surface area contributed by atoms with Gasteiger partial charge >= 0.3 is 11.2 Å². The van der Waals surface area contributed by atoms with Crippen LogP contribution in [0.4, 0.5) is 5.69 Å². The van der Waals surface area contributed by atoms with Gasteiger partial charge in [0.05, 0.1) is 29.3 Å². The summed E-state index contributed by atoms with van der Waals surface area (Å²) >= 11 is 0. The Labute approximate surface area is 155 Å². The molecule has 28 heavy (non-hydrogen) atoms. The molecule has 2 heterocycles. The zero-order chi connectivity index (χ0) is 19.8. The fourth-order valence-electron chi connectivity index (χ4n) is 2.90.